The number of ether oxygens (including phenoxy) is 1. The Balaban J connectivity index is 1.96. The van der Waals surface area contributed by atoms with E-state index in [9.17, 15) is 5.11 Å². The van der Waals surface area contributed by atoms with Crippen molar-refractivity contribution >= 4 is 24.5 Å². The van der Waals surface area contributed by atoms with Crippen LogP contribution in [0.4, 0.5) is 0 Å². The minimum absolute atomic E-state index is 0.429. The lowest BCUT2D eigenvalue weighted by Gasteiger charge is -2.37. The van der Waals surface area contributed by atoms with Crippen molar-refractivity contribution in [2.75, 3.05) is 0 Å². The van der Waals surface area contributed by atoms with Gasteiger partial charge in [-0.05, 0) is 64.1 Å². The molecule has 2 rings (SSSR count). The summed E-state index contributed by atoms with van der Waals surface area (Å²) in [6.45, 7) is 7.25. The average molecular weight is 333 g/mol. The smallest absolute Gasteiger partial charge is 0.309 e. The quantitative estimate of drug-likeness (QED) is 0.820. The molecule has 2 aromatic carbocycles. The van der Waals surface area contributed by atoms with Gasteiger partial charge in [-0.3, -0.25) is 0 Å². The molecule has 0 saturated heterocycles. The molecule has 0 amide bonds. The molecule has 0 heterocycles. The van der Waals surface area contributed by atoms with E-state index in [0.717, 1.165) is 17.0 Å². The fourth-order valence-electron chi connectivity index (χ4n) is 1.73. The van der Waals surface area contributed by atoms with Crippen LogP contribution in [0.25, 0.3) is 0 Å². The fraction of sp³-hybridized carbons (Fsp3) is 0.333. The SMILES string of the molecule is CC(C)(O)C(C)(C)OBc1ccc(Oc2ccc(Cl)cc2)cc1. The van der Waals surface area contributed by atoms with Crippen molar-refractivity contribution in [1.29, 1.82) is 0 Å². The second kappa shape index (κ2) is 6.96. The Kier molecular flexibility index (Phi) is 5.40. The molecule has 0 aliphatic heterocycles. The van der Waals surface area contributed by atoms with Crippen LogP contribution in [0.5, 0.6) is 11.5 Å². The van der Waals surface area contributed by atoms with E-state index in [1.54, 1.807) is 26.0 Å². The summed E-state index contributed by atoms with van der Waals surface area (Å²) in [5, 5.41) is 10.8. The maximum atomic E-state index is 10.1. The Bertz CT molecular complexity index is 631. The first kappa shape index (κ1) is 17.9. The normalized spacial score (nSPS) is 12.1. The van der Waals surface area contributed by atoms with Crippen molar-refractivity contribution < 1.29 is 14.5 Å². The van der Waals surface area contributed by atoms with Crippen LogP contribution >= 0.6 is 11.6 Å². The van der Waals surface area contributed by atoms with Gasteiger partial charge in [0.05, 0.1) is 11.2 Å². The first-order valence-electron chi connectivity index (χ1n) is 7.56. The van der Waals surface area contributed by atoms with Gasteiger partial charge >= 0.3 is 7.48 Å². The third-order valence-corrected chi connectivity index (χ3v) is 4.30. The van der Waals surface area contributed by atoms with Crippen LogP contribution in [0.15, 0.2) is 48.5 Å². The maximum Gasteiger partial charge on any atom is 0.309 e. The van der Waals surface area contributed by atoms with E-state index in [2.05, 4.69) is 0 Å². The molecule has 0 bridgehead atoms. The summed E-state index contributed by atoms with van der Waals surface area (Å²) in [6, 6.07) is 14.9. The Morgan fingerprint density at radius 2 is 1.35 bits per heavy atom. The highest BCUT2D eigenvalue weighted by Crippen LogP contribution is 2.25. The van der Waals surface area contributed by atoms with Crippen LogP contribution in [-0.4, -0.2) is 23.8 Å². The predicted octanol–water partition coefficient (Wildman–Crippen LogP) is 3.68. The summed E-state index contributed by atoms with van der Waals surface area (Å²) in [7, 11) is 0.429. The Morgan fingerprint density at radius 1 is 0.870 bits per heavy atom. The number of rotatable bonds is 6. The summed E-state index contributed by atoms with van der Waals surface area (Å²) < 4.78 is 11.6. The molecular formula is C18H22BClO3. The molecule has 0 aromatic heterocycles. The molecule has 0 atom stereocenters. The predicted molar refractivity (Wildman–Crippen MR) is 96.2 cm³/mol. The van der Waals surface area contributed by atoms with Gasteiger partial charge < -0.3 is 14.5 Å². The lowest BCUT2D eigenvalue weighted by molar-refractivity contribution is -0.0893. The van der Waals surface area contributed by atoms with E-state index in [1.165, 1.54) is 0 Å². The molecule has 122 valence electrons. The van der Waals surface area contributed by atoms with E-state index in [-0.39, 0.29) is 0 Å². The van der Waals surface area contributed by atoms with Crippen LogP contribution in [-0.2, 0) is 4.65 Å². The molecule has 0 aliphatic rings. The van der Waals surface area contributed by atoms with E-state index in [4.69, 9.17) is 21.0 Å². The highest BCUT2D eigenvalue weighted by molar-refractivity contribution is 6.47. The minimum Gasteiger partial charge on any atom is -0.457 e. The maximum absolute atomic E-state index is 10.1. The molecule has 0 aliphatic carbocycles. The molecule has 3 nitrogen and oxygen atoms in total. The molecule has 0 radical (unpaired) electrons. The van der Waals surface area contributed by atoms with Gasteiger partial charge in [0, 0.05) is 5.02 Å². The topological polar surface area (TPSA) is 38.7 Å². The number of aliphatic hydroxyl groups is 1. The van der Waals surface area contributed by atoms with Gasteiger partial charge in [-0.1, -0.05) is 29.2 Å². The van der Waals surface area contributed by atoms with Crippen molar-refractivity contribution in [1.82, 2.24) is 0 Å². The Morgan fingerprint density at radius 3 is 1.83 bits per heavy atom. The summed E-state index contributed by atoms with van der Waals surface area (Å²) in [5.41, 5.74) is -0.526. The van der Waals surface area contributed by atoms with E-state index >= 15 is 0 Å². The number of halogens is 1. The standard InChI is InChI=1S/C18H22BClO3/c1-17(2,21)18(3,4)23-19-13-5-9-15(10-6-13)22-16-11-7-14(20)8-12-16/h5-12,19,21H,1-4H3. The van der Waals surface area contributed by atoms with Gasteiger partial charge in [-0.15, -0.1) is 0 Å². The van der Waals surface area contributed by atoms with Crippen LogP contribution in [0.3, 0.4) is 0 Å². The largest absolute Gasteiger partial charge is 0.457 e. The van der Waals surface area contributed by atoms with Gasteiger partial charge in [-0.25, -0.2) is 0 Å². The van der Waals surface area contributed by atoms with E-state index in [0.29, 0.717) is 12.5 Å². The zero-order valence-electron chi connectivity index (χ0n) is 14.0. The molecule has 0 fully saturated rings. The zero-order valence-corrected chi connectivity index (χ0v) is 14.7. The van der Waals surface area contributed by atoms with Crippen molar-refractivity contribution in [2.24, 2.45) is 0 Å². The van der Waals surface area contributed by atoms with Crippen LogP contribution in [0.1, 0.15) is 27.7 Å². The lowest BCUT2D eigenvalue weighted by Crippen LogP contribution is -2.49. The summed E-state index contributed by atoms with van der Waals surface area (Å²) in [5.74, 6) is 1.49. The summed E-state index contributed by atoms with van der Waals surface area (Å²) >= 11 is 5.85. The Hall–Kier alpha value is -1.49. The monoisotopic (exact) mass is 332 g/mol. The van der Waals surface area contributed by atoms with Crippen LogP contribution < -0.4 is 10.2 Å². The van der Waals surface area contributed by atoms with Gasteiger partial charge in [0.1, 0.15) is 11.5 Å². The second-order valence-corrected chi connectivity index (χ2v) is 6.99. The third kappa shape index (κ3) is 5.00. The van der Waals surface area contributed by atoms with E-state index < -0.39 is 11.2 Å². The average Bonchev–Trinajstić information content (AvgIpc) is 2.48. The van der Waals surface area contributed by atoms with Crippen molar-refractivity contribution in [3.05, 3.63) is 53.6 Å². The van der Waals surface area contributed by atoms with Crippen LogP contribution in [0.2, 0.25) is 5.02 Å². The number of hydrogen-bond acceptors (Lipinski definition) is 3. The summed E-state index contributed by atoms with van der Waals surface area (Å²) in [4.78, 5) is 0. The fourth-order valence-corrected chi connectivity index (χ4v) is 1.86. The van der Waals surface area contributed by atoms with Gasteiger partial charge in [0.15, 0.2) is 0 Å². The van der Waals surface area contributed by atoms with Gasteiger partial charge in [0.2, 0.25) is 0 Å². The molecule has 5 heteroatoms. The third-order valence-electron chi connectivity index (χ3n) is 4.05. The van der Waals surface area contributed by atoms with E-state index in [1.807, 2.05) is 50.2 Å². The van der Waals surface area contributed by atoms with Crippen LogP contribution in [0, 0.1) is 0 Å². The number of benzene rings is 2. The molecular weight excluding hydrogens is 310 g/mol. The highest BCUT2D eigenvalue weighted by Gasteiger charge is 2.35. The molecule has 23 heavy (non-hydrogen) atoms. The first-order chi connectivity index (χ1) is 10.7. The Labute approximate surface area is 143 Å². The first-order valence-corrected chi connectivity index (χ1v) is 7.94. The molecule has 0 saturated carbocycles. The van der Waals surface area contributed by atoms with Crippen molar-refractivity contribution in [3.63, 3.8) is 0 Å². The molecule has 0 unspecified atom stereocenters. The molecule has 1 N–H and O–H groups in total. The van der Waals surface area contributed by atoms with Gasteiger partial charge in [-0.2, -0.15) is 0 Å². The minimum atomic E-state index is -0.912. The highest BCUT2D eigenvalue weighted by atomic mass is 35.5. The van der Waals surface area contributed by atoms with Crippen molar-refractivity contribution in [3.8, 4) is 11.5 Å². The lowest BCUT2D eigenvalue weighted by atomic mass is 9.82. The number of hydrogen-bond donors (Lipinski definition) is 1. The zero-order chi connectivity index (χ0) is 17.1. The van der Waals surface area contributed by atoms with Gasteiger partial charge in [0.25, 0.3) is 0 Å². The summed E-state index contributed by atoms with van der Waals surface area (Å²) in [6.07, 6.45) is 0. The molecule has 0 spiro atoms. The van der Waals surface area contributed by atoms with Crippen molar-refractivity contribution in [2.45, 2.75) is 38.9 Å². The second-order valence-electron chi connectivity index (χ2n) is 6.56. The molecule has 2 aromatic rings.